The topological polar surface area (TPSA) is 41.6 Å². The Labute approximate surface area is 126 Å². The molecule has 1 aromatic rings. The molecule has 21 heavy (non-hydrogen) atoms. The first kappa shape index (κ1) is 14.4. The first-order chi connectivity index (χ1) is 10.1. The fourth-order valence-electron chi connectivity index (χ4n) is 3.16. The summed E-state index contributed by atoms with van der Waals surface area (Å²) in [6.45, 7) is 4.09. The van der Waals surface area contributed by atoms with Gasteiger partial charge in [0.1, 0.15) is 11.9 Å². The summed E-state index contributed by atoms with van der Waals surface area (Å²) in [6.07, 6.45) is 4.27. The summed E-state index contributed by atoms with van der Waals surface area (Å²) in [4.78, 5) is 14.9. The first-order valence-electron chi connectivity index (χ1n) is 7.83. The fourth-order valence-corrected chi connectivity index (χ4v) is 3.16. The van der Waals surface area contributed by atoms with E-state index in [0.717, 1.165) is 30.6 Å². The quantitative estimate of drug-likeness (QED) is 0.926. The highest BCUT2D eigenvalue weighted by Gasteiger charge is 2.50. The zero-order valence-electron chi connectivity index (χ0n) is 13.1. The predicted molar refractivity (Wildman–Crippen MR) is 82.1 cm³/mol. The number of rotatable bonds is 4. The summed E-state index contributed by atoms with van der Waals surface area (Å²) in [5, 5.41) is 3.56. The van der Waals surface area contributed by atoms with Crippen LogP contribution in [0.1, 0.15) is 51.3 Å². The van der Waals surface area contributed by atoms with E-state index in [0.29, 0.717) is 6.04 Å². The van der Waals surface area contributed by atoms with E-state index < -0.39 is 5.54 Å². The standard InChI is InChI=1S/C17H24N2O2/c1-4-17(2)16(20)19(13-6-5-7-13)15(18-17)12-8-10-14(21-3)11-9-12/h8-11,13,15,18H,4-7H2,1-3H3. The van der Waals surface area contributed by atoms with E-state index in [-0.39, 0.29) is 12.1 Å². The Kier molecular flexibility index (Phi) is 3.66. The molecule has 2 atom stereocenters. The Hall–Kier alpha value is -1.55. The van der Waals surface area contributed by atoms with Crippen molar-refractivity contribution in [3.05, 3.63) is 29.8 Å². The number of nitrogens with one attached hydrogen (secondary N) is 1. The molecule has 2 fully saturated rings. The van der Waals surface area contributed by atoms with E-state index in [1.54, 1.807) is 7.11 Å². The number of benzene rings is 1. The van der Waals surface area contributed by atoms with Crippen molar-refractivity contribution in [1.29, 1.82) is 0 Å². The highest BCUT2D eigenvalue weighted by molar-refractivity contribution is 5.89. The van der Waals surface area contributed by atoms with Gasteiger partial charge in [0.2, 0.25) is 5.91 Å². The lowest BCUT2D eigenvalue weighted by Gasteiger charge is -2.38. The first-order valence-corrected chi connectivity index (χ1v) is 7.83. The van der Waals surface area contributed by atoms with Gasteiger partial charge in [0.05, 0.1) is 12.6 Å². The normalized spacial score (nSPS) is 29.6. The lowest BCUT2D eigenvalue weighted by Crippen LogP contribution is -2.46. The van der Waals surface area contributed by atoms with Crippen LogP contribution in [-0.4, -0.2) is 29.5 Å². The van der Waals surface area contributed by atoms with Gasteiger partial charge in [-0.3, -0.25) is 10.1 Å². The third kappa shape index (κ3) is 2.31. The number of amides is 1. The van der Waals surface area contributed by atoms with Crippen LogP contribution in [0.2, 0.25) is 0 Å². The van der Waals surface area contributed by atoms with E-state index in [9.17, 15) is 4.79 Å². The molecule has 2 aliphatic rings. The summed E-state index contributed by atoms with van der Waals surface area (Å²) < 4.78 is 5.22. The predicted octanol–water partition coefficient (Wildman–Crippen LogP) is 2.85. The maximum atomic E-state index is 12.8. The van der Waals surface area contributed by atoms with Crippen molar-refractivity contribution in [3.8, 4) is 5.75 Å². The molecule has 1 aliphatic heterocycles. The van der Waals surface area contributed by atoms with Crippen LogP contribution >= 0.6 is 0 Å². The molecule has 4 heteroatoms. The monoisotopic (exact) mass is 288 g/mol. The number of nitrogens with zero attached hydrogens (tertiary/aromatic N) is 1. The molecule has 1 aliphatic carbocycles. The molecular weight excluding hydrogens is 264 g/mol. The number of methoxy groups -OCH3 is 1. The van der Waals surface area contributed by atoms with Crippen molar-refractivity contribution in [2.75, 3.05) is 7.11 Å². The average molecular weight is 288 g/mol. The zero-order chi connectivity index (χ0) is 15.0. The minimum absolute atomic E-state index is 0.0151. The van der Waals surface area contributed by atoms with Crippen LogP contribution in [0.25, 0.3) is 0 Å². The highest BCUT2D eigenvalue weighted by Crippen LogP contribution is 2.39. The van der Waals surface area contributed by atoms with Crippen molar-refractivity contribution in [2.45, 2.75) is 57.3 Å². The number of hydrogen-bond acceptors (Lipinski definition) is 3. The van der Waals surface area contributed by atoms with Crippen molar-refractivity contribution in [1.82, 2.24) is 10.2 Å². The second-order valence-corrected chi connectivity index (χ2v) is 6.30. The van der Waals surface area contributed by atoms with Crippen molar-refractivity contribution < 1.29 is 9.53 Å². The van der Waals surface area contributed by atoms with Gasteiger partial charge in [-0.2, -0.15) is 0 Å². The van der Waals surface area contributed by atoms with Gasteiger partial charge in [-0.05, 0) is 50.3 Å². The molecule has 1 aromatic carbocycles. The summed E-state index contributed by atoms with van der Waals surface area (Å²) in [5.74, 6) is 1.09. The maximum Gasteiger partial charge on any atom is 0.244 e. The second kappa shape index (κ2) is 5.34. The number of hydrogen-bond donors (Lipinski definition) is 1. The van der Waals surface area contributed by atoms with E-state index in [1.807, 2.05) is 19.1 Å². The molecule has 0 radical (unpaired) electrons. The highest BCUT2D eigenvalue weighted by atomic mass is 16.5. The van der Waals surface area contributed by atoms with Gasteiger partial charge in [-0.1, -0.05) is 19.1 Å². The Morgan fingerprint density at radius 1 is 1.33 bits per heavy atom. The zero-order valence-corrected chi connectivity index (χ0v) is 13.1. The lowest BCUT2D eigenvalue weighted by atomic mass is 9.89. The average Bonchev–Trinajstić information content (AvgIpc) is 2.72. The van der Waals surface area contributed by atoms with Crippen LogP contribution in [0.5, 0.6) is 5.75 Å². The number of carbonyl (C=O) groups is 1. The van der Waals surface area contributed by atoms with E-state index in [2.05, 4.69) is 29.3 Å². The smallest absolute Gasteiger partial charge is 0.244 e. The van der Waals surface area contributed by atoms with Gasteiger partial charge in [-0.25, -0.2) is 0 Å². The third-order valence-electron chi connectivity index (χ3n) is 5.05. The van der Waals surface area contributed by atoms with E-state index >= 15 is 0 Å². The molecule has 1 N–H and O–H groups in total. The maximum absolute atomic E-state index is 12.8. The van der Waals surface area contributed by atoms with Crippen LogP contribution < -0.4 is 10.1 Å². The fraction of sp³-hybridized carbons (Fsp3) is 0.588. The Bertz CT molecular complexity index is 524. The van der Waals surface area contributed by atoms with Crippen LogP contribution in [0, 0.1) is 0 Å². The molecule has 1 heterocycles. The molecular formula is C17H24N2O2. The molecule has 1 amide bonds. The van der Waals surface area contributed by atoms with Crippen LogP contribution in [0.3, 0.4) is 0 Å². The Morgan fingerprint density at radius 3 is 2.48 bits per heavy atom. The Morgan fingerprint density at radius 2 is 2.00 bits per heavy atom. The molecule has 114 valence electrons. The van der Waals surface area contributed by atoms with Crippen LogP contribution in [-0.2, 0) is 4.79 Å². The minimum Gasteiger partial charge on any atom is -0.497 e. The second-order valence-electron chi connectivity index (χ2n) is 6.30. The van der Waals surface area contributed by atoms with Gasteiger partial charge in [0.15, 0.2) is 0 Å². The van der Waals surface area contributed by atoms with Crippen molar-refractivity contribution in [2.24, 2.45) is 0 Å². The summed E-state index contributed by atoms with van der Waals surface area (Å²) >= 11 is 0. The molecule has 0 aromatic heterocycles. The molecule has 3 rings (SSSR count). The number of ether oxygens (including phenoxy) is 1. The molecule has 0 spiro atoms. The molecule has 1 saturated heterocycles. The molecule has 2 unspecified atom stereocenters. The lowest BCUT2D eigenvalue weighted by molar-refractivity contribution is -0.136. The number of carbonyl (C=O) groups excluding carboxylic acids is 1. The van der Waals surface area contributed by atoms with Gasteiger partial charge in [0.25, 0.3) is 0 Å². The summed E-state index contributed by atoms with van der Waals surface area (Å²) in [7, 11) is 1.67. The van der Waals surface area contributed by atoms with Crippen LogP contribution in [0.15, 0.2) is 24.3 Å². The minimum atomic E-state index is -0.444. The molecule has 0 bridgehead atoms. The van der Waals surface area contributed by atoms with Crippen molar-refractivity contribution in [3.63, 3.8) is 0 Å². The van der Waals surface area contributed by atoms with Gasteiger partial charge in [0, 0.05) is 6.04 Å². The van der Waals surface area contributed by atoms with Crippen molar-refractivity contribution >= 4 is 5.91 Å². The third-order valence-corrected chi connectivity index (χ3v) is 5.05. The van der Waals surface area contributed by atoms with E-state index in [4.69, 9.17) is 4.74 Å². The molecule has 1 saturated carbocycles. The van der Waals surface area contributed by atoms with Gasteiger partial charge in [-0.15, -0.1) is 0 Å². The Balaban J connectivity index is 1.91. The molecule has 4 nitrogen and oxygen atoms in total. The SMILES string of the molecule is CCC1(C)NC(c2ccc(OC)cc2)N(C2CCC2)C1=O. The van der Waals surface area contributed by atoms with E-state index in [1.165, 1.54) is 6.42 Å². The van der Waals surface area contributed by atoms with Gasteiger partial charge < -0.3 is 9.64 Å². The van der Waals surface area contributed by atoms with Gasteiger partial charge >= 0.3 is 0 Å². The van der Waals surface area contributed by atoms with Crippen LogP contribution in [0.4, 0.5) is 0 Å². The summed E-state index contributed by atoms with van der Waals surface area (Å²) in [5.41, 5.74) is 0.688. The largest absolute Gasteiger partial charge is 0.497 e. The summed E-state index contributed by atoms with van der Waals surface area (Å²) in [6, 6.07) is 8.42.